The third-order valence-electron chi connectivity index (χ3n) is 2.73. The van der Waals surface area contributed by atoms with Crippen molar-refractivity contribution in [2.24, 2.45) is 5.41 Å². The monoisotopic (exact) mass is 262 g/mol. The summed E-state index contributed by atoms with van der Waals surface area (Å²) in [6.07, 6.45) is 1.37. The second kappa shape index (κ2) is 4.97. The maximum absolute atomic E-state index is 5.63. The molecule has 0 aliphatic rings. The lowest BCUT2D eigenvalue weighted by Crippen LogP contribution is -2.21. The molecule has 0 spiro atoms. The van der Waals surface area contributed by atoms with Gasteiger partial charge in [-0.3, -0.25) is 0 Å². The summed E-state index contributed by atoms with van der Waals surface area (Å²) < 4.78 is 10.7. The van der Waals surface area contributed by atoms with Crippen molar-refractivity contribution in [3.05, 3.63) is 24.2 Å². The number of pyridine rings is 1. The SMILES string of the molecule is COC(c1noc(-c2ccnc(N)c2)n1)C(C)(C)C. The van der Waals surface area contributed by atoms with Crippen LogP contribution in [0.15, 0.2) is 22.9 Å². The number of nitrogens with two attached hydrogens (primary N) is 1. The Morgan fingerprint density at radius 3 is 2.68 bits per heavy atom. The van der Waals surface area contributed by atoms with Crippen LogP contribution >= 0.6 is 0 Å². The number of ether oxygens (including phenoxy) is 1. The van der Waals surface area contributed by atoms with E-state index >= 15 is 0 Å². The van der Waals surface area contributed by atoms with E-state index in [2.05, 4.69) is 35.9 Å². The van der Waals surface area contributed by atoms with E-state index < -0.39 is 0 Å². The van der Waals surface area contributed by atoms with Gasteiger partial charge in [0.1, 0.15) is 11.9 Å². The third kappa shape index (κ3) is 2.90. The summed E-state index contributed by atoms with van der Waals surface area (Å²) in [6.45, 7) is 6.17. The highest BCUT2D eigenvalue weighted by molar-refractivity contribution is 5.56. The quantitative estimate of drug-likeness (QED) is 0.914. The number of hydrogen-bond acceptors (Lipinski definition) is 6. The molecule has 0 saturated heterocycles. The van der Waals surface area contributed by atoms with Crippen molar-refractivity contribution in [2.75, 3.05) is 12.8 Å². The summed E-state index contributed by atoms with van der Waals surface area (Å²) in [7, 11) is 1.64. The Morgan fingerprint density at radius 2 is 2.11 bits per heavy atom. The van der Waals surface area contributed by atoms with Gasteiger partial charge < -0.3 is 15.0 Å². The molecule has 2 N–H and O–H groups in total. The van der Waals surface area contributed by atoms with E-state index in [-0.39, 0.29) is 11.5 Å². The first kappa shape index (κ1) is 13.5. The van der Waals surface area contributed by atoms with Crippen molar-refractivity contribution >= 4 is 5.82 Å². The lowest BCUT2D eigenvalue weighted by molar-refractivity contribution is 0.00718. The van der Waals surface area contributed by atoms with E-state index in [1.165, 1.54) is 0 Å². The smallest absolute Gasteiger partial charge is 0.258 e. The van der Waals surface area contributed by atoms with Gasteiger partial charge in [0.05, 0.1) is 0 Å². The maximum Gasteiger partial charge on any atom is 0.258 e. The zero-order valence-corrected chi connectivity index (χ0v) is 11.5. The van der Waals surface area contributed by atoms with Gasteiger partial charge in [0.15, 0.2) is 0 Å². The van der Waals surface area contributed by atoms with Crippen LogP contribution in [0.3, 0.4) is 0 Å². The van der Waals surface area contributed by atoms with Crippen molar-refractivity contribution in [1.82, 2.24) is 15.1 Å². The molecule has 0 amide bonds. The summed E-state index contributed by atoms with van der Waals surface area (Å²) in [4.78, 5) is 8.30. The van der Waals surface area contributed by atoms with Crippen molar-refractivity contribution in [3.63, 3.8) is 0 Å². The van der Waals surface area contributed by atoms with Crippen LogP contribution in [0.1, 0.15) is 32.7 Å². The Balaban J connectivity index is 2.33. The number of nitrogen functional groups attached to an aromatic ring is 1. The van der Waals surface area contributed by atoms with Gasteiger partial charge >= 0.3 is 0 Å². The molecule has 6 heteroatoms. The summed E-state index contributed by atoms with van der Waals surface area (Å²) in [5, 5.41) is 3.99. The van der Waals surface area contributed by atoms with Gasteiger partial charge in [-0.05, 0) is 17.5 Å². The van der Waals surface area contributed by atoms with Gasteiger partial charge in [0.2, 0.25) is 5.82 Å². The molecular formula is C13H18N4O2. The zero-order valence-electron chi connectivity index (χ0n) is 11.5. The molecule has 0 aromatic carbocycles. The standard InChI is InChI=1S/C13H18N4O2/c1-13(2,3)10(18-4)11-16-12(19-17-11)8-5-6-15-9(14)7-8/h5-7,10H,1-4H3,(H2,14,15). The van der Waals surface area contributed by atoms with Crippen molar-refractivity contribution in [3.8, 4) is 11.5 Å². The fourth-order valence-corrected chi connectivity index (χ4v) is 1.89. The average Bonchev–Trinajstić information content (AvgIpc) is 2.77. The normalized spacial score (nSPS) is 13.5. The molecule has 0 aliphatic carbocycles. The Morgan fingerprint density at radius 1 is 1.37 bits per heavy atom. The zero-order chi connectivity index (χ0) is 14.0. The van der Waals surface area contributed by atoms with Crippen molar-refractivity contribution < 1.29 is 9.26 Å². The summed E-state index contributed by atoms with van der Waals surface area (Å²) in [6, 6.07) is 3.46. The highest BCUT2D eigenvalue weighted by Crippen LogP contribution is 2.34. The summed E-state index contributed by atoms with van der Waals surface area (Å²) in [5.41, 5.74) is 6.26. The van der Waals surface area contributed by atoms with Gasteiger partial charge in [-0.15, -0.1) is 0 Å². The number of aromatic nitrogens is 3. The molecule has 2 aromatic rings. The Labute approximate surface area is 112 Å². The molecule has 1 atom stereocenters. The third-order valence-corrected chi connectivity index (χ3v) is 2.73. The van der Waals surface area contributed by atoms with E-state index in [9.17, 15) is 0 Å². The van der Waals surface area contributed by atoms with Crippen LogP contribution in [-0.4, -0.2) is 22.2 Å². The average molecular weight is 262 g/mol. The van der Waals surface area contributed by atoms with Gasteiger partial charge in [0, 0.05) is 18.9 Å². The van der Waals surface area contributed by atoms with Crippen molar-refractivity contribution in [2.45, 2.75) is 26.9 Å². The highest BCUT2D eigenvalue weighted by atomic mass is 16.5. The molecule has 0 aliphatic heterocycles. The lowest BCUT2D eigenvalue weighted by atomic mass is 9.88. The predicted molar refractivity (Wildman–Crippen MR) is 71.1 cm³/mol. The van der Waals surface area contributed by atoms with Crippen LogP contribution in [0.5, 0.6) is 0 Å². The number of rotatable bonds is 3. The molecule has 0 bridgehead atoms. The second-order valence-electron chi connectivity index (χ2n) is 5.41. The Kier molecular flexibility index (Phi) is 3.53. The molecule has 0 radical (unpaired) electrons. The van der Waals surface area contributed by atoms with Gasteiger partial charge in [-0.1, -0.05) is 25.9 Å². The van der Waals surface area contributed by atoms with Crippen LogP contribution in [0, 0.1) is 5.41 Å². The van der Waals surface area contributed by atoms with E-state index in [1.54, 1.807) is 25.4 Å². The number of anilines is 1. The first-order chi connectivity index (χ1) is 8.91. The molecular weight excluding hydrogens is 244 g/mol. The molecule has 1 unspecified atom stereocenters. The van der Waals surface area contributed by atoms with E-state index in [4.69, 9.17) is 15.0 Å². The van der Waals surface area contributed by atoms with Crippen molar-refractivity contribution in [1.29, 1.82) is 0 Å². The molecule has 0 saturated carbocycles. The molecule has 0 fully saturated rings. The molecule has 2 heterocycles. The predicted octanol–water partition coefficient (Wildman–Crippen LogP) is 2.45. The largest absolute Gasteiger partial charge is 0.384 e. The van der Waals surface area contributed by atoms with Crippen LogP contribution in [0.2, 0.25) is 0 Å². The fraction of sp³-hybridized carbons (Fsp3) is 0.462. The minimum atomic E-state index is -0.232. The second-order valence-corrected chi connectivity index (χ2v) is 5.41. The summed E-state index contributed by atoms with van der Waals surface area (Å²) in [5.74, 6) is 1.35. The highest BCUT2D eigenvalue weighted by Gasteiger charge is 2.30. The first-order valence-electron chi connectivity index (χ1n) is 6.00. The van der Waals surface area contributed by atoms with E-state index in [0.717, 1.165) is 5.56 Å². The van der Waals surface area contributed by atoms with Gasteiger partial charge in [0.25, 0.3) is 5.89 Å². The minimum Gasteiger partial charge on any atom is -0.384 e. The van der Waals surface area contributed by atoms with Crippen LogP contribution in [0.4, 0.5) is 5.82 Å². The van der Waals surface area contributed by atoms with Gasteiger partial charge in [-0.25, -0.2) is 4.98 Å². The Hall–Kier alpha value is -1.95. The number of methoxy groups -OCH3 is 1. The topological polar surface area (TPSA) is 87.1 Å². The number of hydrogen-bond donors (Lipinski definition) is 1. The molecule has 19 heavy (non-hydrogen) atoms. The first-order valence-corrected chi connectivity index (χ1v) is 6.00. The lowest BCUT2D eigenvalue weighted by Gasteiger charge is -2.26. The molecule has 102 valence electrons. The van der Waals surface area contributed by atoms with Crippen LogP contribution in [-0.2, 0) is 4.74 Å². The molecule has 6 nitrogen and oxygen atoms in total. The minimum absolute atomic E-state index is 0.118. The van der Waals surface area contributed by atoms with E-state index in [1.807, 2.05) is 0 Å². The fourth-order valence-electron chi connectivity index (χ4n) is 1.89. The van der Waals surface area contributed by atoms with Crippen LogP contribution in [0.25, 0.3) is 11.5 Å². The Bertz CT molecular complexity index is 560. The number of nitrogens with zero attached hydrogens (tertiary/aromatic N) is 3. The molecule has 2 aromatic heterocycles. The van der Waals surface area contributed by atoms with E-state index in [0.29, 0.717) is 17.5 Å². The van der Waals surface area contributed by atoms with Gasteiger partial charge in [-0.2, -0.15) is 4.98 Å². The van der Waals surface area contributed by atoms with Crippen LogP contribution < -0.4 is 5.73 Å². The summed E-state index contributed by atoms with van der Waals surface area (Å²) >= 11 is 0. The molecule has 2 rings (SSSR count). The maximum atomic E-state index is 5.63.